The number of carbonyl (C=O) groups excluding carboxylic acids is 1. The predicted molar refractivity (Wildman–Crippen MR) is 118 cm³/mol. The molecule has 8 nitrogen and oxygen atoms in total. The number of amides is 1. The van der Waals surface area contributed by atoms with Crippen LogP contribution in [-0.4, -0.2) is 67.1 Å². The molecular weight excluding hydrogens is 412 g/mol. The van der Waals surface area contributed by atoms with E-state index in [4.69, 9.17) is 19.3 Å². The summed E-state index contributed by atoms with van der Waals surface area (Å²) in [5.41, 5.74) is 0.803. The fourth-order valence-corrected chi connectivity index (χ4v) is 5.26. The van der Waals surface area contributed by atoms with Crippen LogP contribution in [0.1, 0.15) is 56.9 Å². The first kappa shape index (κ1) is 23.0. The molecule has 3 N–H and O–H groups in total. The number of hydrogen-bond acceptors (Lipinski definition) is 6. The van der Waals surface area contributed by atoms with E-state index in [1.54, 1.807) is 6.92 Å². The maximum Gasteiger partial charge on any atom is 0.307 e. The Morgan fingerprint density at radius 1 is 1.28 bits per heavy atom. The minimum absolute atomic E-state index is 0.0168. The molecule has 0 radical (unpaired) electrons. The summed E-state index contributed by atoms with van der Waals surface area (Å²) in [6.45, 7) is 3.87. The number of benzene rings is 1. The lowest BCUT2D eigenvalue weighted by molar-refractivity contribution is -0.139. The summed E-state index contributed by atoms with van der Waals surface area (Å²) in [7, 11) is 0. The Morgan fingerprint density at radius 2 is 2.06 bits per heavy atom. The summed E-state index contributed by atoms with van der Waals surface area (Å²) in [5, 5.41) is 15.6. The summed E-state index contributed by atoms with van der Waals surface area (Å²) in [6, 6.07) is 8.03. The van der Waals surface area contributed by atoms with Gasteiger partial charge in [-0.05, 0) is 63.1 Å². The highest BCUT2D eigenvalue weighted by Crippen LogP contribution is 2.39. The summed E-state index contributed by atoms with van der Waals surface area (Å²) < 4.78 is 17.8. The van der Waals surface area contributed by atoms with E-state index in [1.807, 2.05) is 18.2 Å². The standard InChI is InChI=1S/C24H34N2O6/c1-16(12-23(28)29)32-20-5-3-2-4-19(20)17-6-8-18(9-7-17)31-13-21-24(10-11-25-21)15-30-14-22(27)26-24/h2-5,16-18,21,25H,6-15H2,1H3,(H,26,27)(H,28,29)/t16?,17?,18?,21-,24+/m0/s1. The Balaban J connectivity index is 1.29. The van der Waals surface area contributed by atoms with Crippen LogP contribution in [0.4, 0.5) is 0 Å². The van der Waals surface area contributed by atoms with Gasteiger partial charge in [0.2, 0.25) is 5.91 Å². The second-order valence-electron chi connectivity index (χ2n) is 9.32. The fraction of sp³-hybridized carbons (Fsp3) is 0.667. The maximum absolute atomic E-state index is 11.8. The number of nitrogens with one attached hydrogen (secondary N) is 2. The molecule has 1 aliphatic carbocycles. The molecule has 4 rings (SSSR count). The van der Waals surface area contributed by atoms with Crippen LogP contribution in [0.15, 0.2) is 24.3 Å². The molecule has 0 bridgehead atoms. The van der Waals surface area contributed by atoms with Gasteiger partial charge in [0.25, 0.3) is 0 Å². The summed E-state index contributed by atoms with van der Waals surface area (Å²) >= 11 is 0. The third-order valence-corrected chi connectivity index (χ3v) is 6.93. The van der Waals surface area contributed by atoms with Gasteiger partial charge in [0.05, 0.1) is 37.3 Å². The lowest BCUT2D eigenvalue weighted by Gasteiger charge is -2.39. The largest absolute Gasteiger partial charge is 0.490 e. The number of carboxylic acid groups (broad SMARTS) is 1. The van der Waals surface area contributed by atoms with Crippen LogP contribution in [-0.2, 0) is 19.1 Å². The van der Waals surface area contributed by atoms with Crippen molar-refractivity contribution in [3.05, 3.63) is 29.8 Å². The van der Waals surface area contributed by atoms with Crippen molar-refractivity contribution in [2.45, 2.75) is 75.2 Å². The Bertz CT molecular complexity index is 809. The molecule has 2 heterocycles. The Labute approximate surface area is 189 Å². The van der Waals surface area contributed by atoms with Crippen LogP contribution in [0, 0.1) is 0 Å². The lowest BCUT2D eigenvalue weighted by atomic mass is 9.82. The van der Waals surface area contributed by atoms with E-state index in [-0.39, 0.29) is 42.7 Å². The van der Waals surface area contributed by atoms with Gasteiger partial charge in [-0.15, -0.1) is 0 Å². The highest BCUT2D eigenvalue weighted by molar-refractivity contribution is 5.79. The smallest absolute Gasteiger partial charge is 0.307 e. The molecule has 32 heavy (non-hydrogen) atoms. The van der Waals surface area contributed by atoms with Crippen molar-refractivity contribution >= 4 is 11.9 Å². The Hall–Kier alpha value is -2.16. The number of para-hydroxylation sites is 1. The molecule has 3 fully saturated rings. The number of aliphatic carboxylic acids is 1. The van der Waals surface area contributed by atoms with Gasteiger partial charge in [-0.2, -0.15) is 0 Å². The minimum Gasteiger partial charge on any atom is -0.490 e. The average molecular weight is 447 g/mol. The zero-order valence-electron chi connectivity index (χ0n) is 18.7. The Kier molecular flexibility index (Phi) is 7.33. The van der Waals surface area contributed by atoms with E-state index in [0.717, 1.165) is 50.0 Å². The quantitative estimate of drug-likeness (QED) is 0.562. The summed E-state index contributed by atoms with van der Waals surface area (Å²) in [6.07, 6.45) is 4.60. The van der Waals surface area contributed by atoms with Crippen LogP contribution in [0.2, 0.25) is 0 Å². The zero-order valence-corrected chi connectivity index (χ0v) is 18.7. The van der Waals surface area contributed by atoms with E-state index in [9.17, 15) is 9.59 Å². The van der Waals surface area contributed by atoms with Gasteiger partial charge in [0.1, 0.15) is 18.5 Å². The molecular formula is C24H34N2O6. The zero-order chi connectivity index (χ0) is 22.6. The SMILES string of the molecule is CC(CC(=O)O)Oc1ccccc1C1CCC(OC[C@@H]2NCC[C@@]23COCC(=O)N3)CC1. The third-order valence-electron chi connectivity index (χ3n) is 6.93. The number of morpholine rings is 1. The Morgan fingerprint density at radius 3 is 2.81 bits per heavy atom. The third kappa shape index (κ3) is 5.42. The van der Waals surface area contributed by atoms with Gasteiger partial charge < -0.3 is 30.0 Å². The predicted octanol–water partition coefficient (Wildman–Crippen LogP) is 2.22. The molecule has 1 spiro atoms. The highest BCUT2D eigenvalue weighted by atomic mass is 16.5. The van der Waals surface area contributed by atoms with Crippen molar-refractivity contribution in [3.63, 3.8) is 0 Å². The number of carbonyl (C=O) groups is 2. The molecule has 1 unspecified atom stereocenters. The van der Waals surface area contributed by atoms with Crippen molar-refractivity contribution in [1.29, 1.82) is 0 Å². The topological polar surface area (TPSA) is 106 Å². The van der Waals surface area contributed by atoms with Crippen molar-refractivity contribution in [2.75, 3.05) is 26.4 Å². The monoisotopic (exact) mass is 446 g/mol. The van der Waals surface area contributed by atoms with Gasteiger partial charge in [-0.1, -0.05) is 18.2 Å². The molecule has 3 aliphatic rings. The molecule has 0 aromatic heterocycles. The van der Waals surface area contributed by atoms with Gasteiger partial charge in [-0.25, -0.2) is 0 Å². The van der Waals surface area contributed by atoms with E-state index < -0.39 is 5.97 Å². The highest BCUT2D eigenvalue weighted by Gasteiger charge is 2.46. The number of ether oxygens (including phenoxy) is 3. The molecule has 2 aliphatic heterocycles. The van der Waals surface area contributed by atoms with Gasteiger partial charge in [0, 0.05) is 0 Å². The first-order valence-electron chi connectivity index (χ1n) is 11.7. The van der Waals surface area contributed by atoms with E-state index in [1.165, 1.54) is 0 Å². The minimum atomic E-state index is -0.856. The normalized spacial score (nSPS) is 31.3. The van der Waals surface area contributed by atoms with Crippen molar-refractivity contribution in [3.8, 4) is 5.75 Å². The van der Waals surface area contributed by atoms with Crippen LogP contribution in [0.25, 0.3) is 0 Å². The molecule has 1 saturated carbocycles. The van der Waals surface area contributed by atoms with E-state index in [2.05, 4.69) is 16.7 Å². The second kappa shape index (κ2) is 10.2. The maximum atomic E-state index is 11.8. The molecule has 1 amide bonds. The molecule has 3 atom stereocenters. The van der Waals surface area contributed by atoms with Crippen LogP contribution in [0.3, 0.4) is 0 Å². The molecule has 1 aromatic carbocycles. The van der Waals surface area contributed by atoms with E-state index >= 15 is 0 Å². The number of carboxylic acids is 1. The van der Waals surface area contributed by atoms with Gasteiger partial charge in [0.15, 0.2) is 0 Å². The summed E-state index contributed by atoms with van der Waals surface area (Å²) in [5.74, 6) is 0.260. The lowest BCUT2D eigenvalue weighted by Crippen LogP contribution is -2.64. The van der Waals surface area contributed by atoms with Gasteiger partial charge >= 0.3 is 5.97 Å². The van der Waals surface area contributed by atoms with Crippen LogP contribution >= 0.6 is 0 Å². The number of rotatable bonds is 8. The molecule has 2 saturated heterocycles. The average Bonchev–Trinajstić information content (AvgIpc) is 3.13. The van der Waals surface area contributed by atoms with Crippen LogP contribution < -0.4 is 15.4 Å². The molecule has 8 heteroatoms. The van der Waals surface area contributed by atoms with E-state index in [0.29, 0.717) is 19.1 Å². The number of hydrogen-bond donors (Lipinski definition) is 3. The fourth-order valence-electron chi connectivity index (χ4n) is 5.26. The van der Waals surface area contributed by atoms with Gasteiger partial charge in [-0.3, -0.25) is 9.59 Å². The van der Waals surface area contributed by atoms with Crippen LogP contribution in [0.5, 0.6) is 5.75 Å². The summed E-state index contributed by atoms with van der Waals surface area (Å²) in [4.78, 5) is 22.8. The second-order valence-corrected chi connectivity index (χ2v) is 9.32. The first-order valence-corrected chi connectivity index (χ1v) is 11.7. The first-order chi connectivity index (χ1) is 15.4. The van der Waals surface area contributed by atoms with Crippen molar-refractivity contribution in [1.82, 2.24) is 10.6 Å². The molecule has 176 valence electrons. The molecule has 1 aromatic rings. The van der Waals surface area contributed by atoms with Crippen molar-refractivity contribution < 1.29 is 28.9 Å². The van der Waals surface area contributed by atoms with Crippen molar-refractivity contribution in [2.24, 2.45) is 0 Å².